The molecule has 0 saturated carbocycles. The van der Waals surface area contributed by atoms with E-state index in [1.165, 1.54) is 11.7 Å². The van der Waals surface area contributed by atoms with Crippen molar-refractivity contribution >= 4 is 11.9 Å². The normalized spacial score (nSPS) is 11.9. The van der Waals surface area contributed by atoms with Crippen molar-refractivity contribution in [1.82, 2.24) is 20.3 Å². The second kappa shape index (κ2) is 5.52. The highest BCUT2D eigenvalue weighted by molar-refractivity contribution is 5.93. The van der Waals surface area contributed by atoms with Crippen LogP contribution in [0, 0.1) is 0 Å². The summed E-state index contributed by atoms with van der Waals surface area (Å²) < 4.78 is 1.32. The third-order valence-electron chi connectivity index (χ3n) is 2.94. The average Bonchev–Trinajstić information content (AvgIpc) is 2.91. The molecule has 2 N–H and O–H groups in total. The van der Waals surface area contributed by atoms with Crippen molar-refractivity contribution in [3.8, 4) is 11.3 Å². The third kappa shape index (κ3) is 2.37. The van der Waals surface area contributed by atoms with Gasteiger partial charge in [-0.3, -0.25) is 4.79 Å². The van der Waals surface area contributed by atoms with E-state index >= 15 is 0 Å². The highest BCUT2D eigenvalue weighted by Gasteiger charge is 2.25. The van der Waals surface area contributed by atoms with Crippen LogP contribution in [0.25, 0.3) is 11.3 Å². The summed E-state index contributed by atoms with van der Waals surface area (Å²) in [5.41, 5.74) is 0.784. The first-order valence-electron chi connectivity index (χ1n) is 6.01. The SMILES string of the molecule is CNC(=O)C(C)n1nnc(C(=O)O)c1-c1ccccc1. The molecule has 7 heteroatoms. The van der Waals surface area contributed by atoms with Crippen molar-refractivity contribution in [2.75, 3.05) is 7.05 Å². The maximum absolute atomic E-state index is 11.7. The number of aromatic carboxylic acids is 1. The van der Waals surface area contributed by atoms with Crippen molar-refractivity contribution in [1.29, 1.82) is 0 Å². The molecule has 2 aromatic rings. The molecule has 0 spiro atoms. The molecule has 0 aliphatic rings. The lowest BCUT2D eigenvalue weighted by Crippen LogP contribution is -2.29. The third-order valence-corrected chi connectivity index (χ3v) is 2.94. The maximum atomic E-state index is 11.7. The topological polar surface area (TPSA) is 97.1 Å². The minimum atomic E-state index is -1.18. The number of rotatable bonds is 4. The van der Waals surface area contributed by atoms with Crippen LogP contribution in [0.2, 0.25) is 0 Å². The van der Waals surface area contributed by atoms with Crippen molar-refractivity contribution < 1.29 is 14.7 Å². The molecular formula is C13H14N4O3. The lowest BCUT2D eigenvalue weighted by molar-refractivity contribution is -0.123. The van der Waals surface area contributed by atoms with E-state index in [2.05, 4.69) is 15.6 Å². The molecule has 1 amide bonds. The highest BCUT2D eigenvalue weighted by atomic mass is 16.4. The number of nitrogens with one attached hydrogen (secondary N) is 1. The summed E-state index contributed by atoms with van der Waals surface area (Å²) in [4.78, 5) is 23.0. The Morgan fingerprint density at radius 2 is 1.95 bits per heavy atom. The van der Waals surface area contributed by atoms with E-state index in [4.69, 9.17) is 0 Å². The number of carbonyl (C=O) groups excluding carboxylic acids is 1. The average molecular weight is 274 g/mol. The molecule has 0 aliphatic heterocycles. The summed E-state index contributed by atoms with van der Waals surface area (Å²) in [7, 11) is 1.51. The van der Waals surface area contributed by atoms with Gasteiger partial charge in [-0.05, 0) is 6.92 Å². The molecule has 1 unspecified atom stereocenters. The number of aromatic nitrogens is 3. The van der Waals surface area contributed by atoms with Gasteiger partial charge in [0.2, 0.25) is 5.91 Å². The van der Waals surface area contributed by atoms with Gasteiger partial charge in [-0.15, -0.1) is 5.10 Å². The minimum absolute atomic E-state index is 0.174. The fraction of sp³-hybridized carbons (Fsp3) is 0.231. The summed E-state index contributed by atoms with van der Waals surface area (Å²) in [5, 5.41) is 19.2. The summed E-state index contributed by atoms with van der Waals surface area (Å²) in [6.45, 7) is 1.63. The molecule has 1 aromatic carbocycles. The predicted molar refractivity (Wildman–Crippen MR) is 71.2 cm³/mol. The summed E-state index contributed by atoms with van der Waals surface area (Å²) >= 11 is 0. The number of carbonyl (C=O) groups is 2. The predicted octanol–water partition coefficient (Wildman–Crippen LogP) is 0.950. The van der Waals surface area contributed by atoms with E-state index in [0.29, 0.717) is 11.3 Å². The fourth-order valence-electron chi connectivity index (χ4n) is 1.89. The van der Waals surface area contributed by atoms with Crippen molar-refractivity contribution in [2.24, 2.45) is 0 Å². The van der Waals surface area contributed by atoms with E-state index in [1.807, 2.05) is 6.07 Å². The first-order valence-corrected chi connectivity index (χ1v) is 6.01. The van der Waals surface area contributed by atoms with E-state index in [1.54, 1.807) is 31.2 Å². The molecular weight excluding hydrogens is 260 g/mol. The minimum Gasteiger partial charge on any atom is -0.476 e. The number of hydrogen-bond acceptors (Lipinski definition) is 4. The van der Waals surface area contributed by atoms with E-state index in [0.717, 1.165) is 0 Å². The Labute approximate surface area is 115 Å². The summed E-state index contributed by atoms with van der Waals surface area (Å²) in [6, 6.07) is 8.22. The zero-order valence-electron chi connectivity index (χ0n) is 11.1. The van der Waals surface area contributed by atoms with Gasteiger partial charge in [-0.1, -0.05) is 35.5 Å². The smallest absolute Gasteiger partial charge is 0.358 e. The Kier molecular flexibility index (Phi) is 3.79. The van der Waals surface area contributed by atoms with Crippen LogP contribution in [0.15, 0.2) is 30.3 Å². The number of carboxylic acid groups (broad SMARTS) is 1. The Morgan fingerprint density at radius 1 is 1.30 bits per heavy atom. The van der Waals surface area contributed by atoms with Crippen LogP contribution in [0.1, 0.15) is 23.5 Å². The van der Waals surface area contributed by atoms with Crippen molar-refractivity contribution in [3.63, 3.8) is 0 Å². The second-order valence-electron chi connectivity index (χ2n) is 4.19. The number of likely N-dealkylation sites (N-methyl/N-ethyl adjacent to an activating group) is 1. The van der Waals surface area contributed by atoms with Crippen LogP contribution in [-0.4, -0.2) is 39.0 Å². The van der Waals surface area contributed by atoms with Gasteiger partial charge in [0, 0.05) is 12.6 Å². The molecule has 0 saturated heterocycles. The molecule has 1 atom stereocenters. The molecule has 7 nitrogen and oxygen atoms in total. The molecule has 1 heterocycles. The number of carboxylic acids is 1. The lowest BCUT2D eigenvalue weighted by atomic mass is 10.1. The Hall–Kier alpha value is -2.70. The number of nitrogens with zero attached hydrogens (tertiary/aromatic N) is 3. The summed E-state index contributed by atoms with van der Waals surface area (Å²) in [5.74, 6) is -1.46. The quantitative estimate of drug-likeness (QED) is 0.865. The number of hydrogen-bond donors (Lipinski definition) is 2. The maximum Gasteiger partial charge on any atom is 0.358 e. The monoisotopic (exact) mass is 274 g/mol. The van der Waals surface area contributed by atoms with Crippen LogP contribution in [-0.2, 0) is 4.79 Å². The largest absolute Gasteiger partial charge is 0.476 e. The van der Waals surface area contributed by atoms with Crippen LogP contribution < -0.4 is 5.32 Å². The standard InChI is InChI=1S/C13H14N4O3/c1-8(12(18)14-2)17-11(9-6-4-3-5-7-9)10(13(19)20)15-16-17/h3-8H,1-2H3,(H,14,18)(H,19,20). The Morgan fingerprint density at radius 3 is 2.50 bits per heavy atom. The molecule has 0 aliphatic carbocycles. The Balaban J connectivity index is 2.60. The van der Waals surface area contributed by atoms with E-state index in [9.17, 15) is 14.7 Å². The van der Waals surface area contributed by atoms with Gasteiger partial charge < -0.3 is 10.4 Å². The fourth-order valence-corrected chi connectivity index (χ4v) is 1.89. The number of amides is 1. The highest BCUT2D eigenvalue weighted by Crippen LogP contribution is 2.25. The molecule has 2 rings (SSSR count). The van der Waals surface area contributed by atoms with Crippen molar-refractivity contribution in [3.05, 3.63) is 36.0 Å². The molecule has 20 heavy (non-hydrogen) atoms. The van der Waals surface area contributed by atoms with Crippen LogP contribution in [0.4, 0.5) is 0 Å². The first kappa shape index (κ1) is 13.7. The first-order chi connectivity index (χ1) is 9.56. The molecule has 1 aromatic heterocycles. The van der Waals surface area contributed by atoms with Crippen LogP contribution >= 0.6 is 0 Å². The number of benzene rings is 1. The van der Waals surface area contributed by atoms with Gasteiger partial charge in [0.05, 0.1) is 0 Å². The van der Waals surface area contributed by atoms with Gasteiger partial charge in [0.15, 0.2) is 5.69 Å². The zero-order valence-corrected chi connectivity index (χ0v) is 11.1. The molecule has 104 valence electrons. The molecule has 0 fully saturated rings. The van der Waals surface area contributed by atoms with Gasteiger partial charge >= 0.3 is 5.97 Å². The zero-order chi connectivity index (χ0) is 14.7. The molecule has 0 radical (unpaired) electrons. The van der Waals surface area contributed by atoms with E-state index in [-0.39, 0.29) is 11.6 Å². The van der Waals surface area contributed by atoms with Gasteiger partial charge in [0.25, 0.3) is 0 Å². The Bertz CT molecular complexity index is 636. The van der Waals surface area contributed by atoms with Gasteiger partial charge in [0.1, 0.15) is 11.7 Å². The van der Waals surface area contributed by atoms with E-state index < -0.39 is 12.0 Å². The van der Waals surface area contributed by atoms with Crippen molar-refractivity contribution in [2.45, 2.75) is 13.0 Å². The lowest BCUT2D eigenvalue weighted by Gasteiger charge is -2.13. The van der Waals surface area contributed by atoms with Crippen LogP contribution in [0.5, 0.6) is 0 Å². The van der Waals surface area contributed by atoms with Gasteiger partial charge in [-0.2, -0.15) is 0 Å². The van der Waals surface area contributed by atoms with Crippen LogP contribution in [0.3, 0.4) is 0 Å². The second-order valence-corrected chi connectivity index (χ2v) is 4.19. The van der Waals surface area contributed by atoms with Gasteiger partial charge in [-0.25, -0.2) is 9.48 Å². The molecule has 0 bridgehead atoms. The summed E-state index contributed by atoms with van der Waals surface area (Å²) in [6.07, 6.45) is 0.